The fourth-order valence-electron chi connectivity index (χ4n) is 7.24. The van der Waals surface area contributed by atoms with Crippen LogP contribution in [0.1, 0.15) is 47.0 Å². The zero-order chi connectivity index (χ0) is 32.9. The van der Waals surface area contributed by atoms with Gasteiger partial charge in [0.05, 0.1) is 22.1 Å². The molecule has 0 aliphatic rings. The maximum Gasteiger partial charge on any atom is 0.197 e. The third-order valence-corrected chi connectivity index (χ3v) is 10.0. The number of benzene rings is 4. The Labute approximate surface area is 277 Å². The Hall–Kier alpha value is -4.26. The molecule has 0 fully saturated rings. The minimum Gasteiger partial charge on any atom is -0.340 e. The van der Waals surface area contributed by atoms with Gasteiger partial charge >= 0.3 is 0 Å². The molecule has 0 atom stereocenters. The molecule has 0 radical (unpaired) electrons. The van der Waals surface area contributed by atoms with Crippen molar-refractivity contribution in [3.63, 3.8) is 0 Å². The molecule has 0 saturated carbocycles. The van der Waals surface area contributed by atoms with Crippen LogP contribution in [-0.4, -0.2) is 58.2 Å². The fourth-order valence-corrected chi connectivity index (χ4v) is 7.24. The molecular weight excluding hydrogens is 580 g/mol. The number of unbranched alkanes of at least 4 members (excludes halogenated alkanes) is 1. The second kappa shape index (κ2) is 14.7. The molecule has 2 heterocycles. The number of fused-ring (bicyclic) bond motifs is 4. The second-order valence-corrected chi connectivity index (χ2v) is 12.6. The maximum atomic E-state index is 13.9. The molecule has 6 aromatic rings. The minimum atomic E-state index is 0.0521. The van der Waals surface area contributed by atoms with Gasteiger partial charge in [0.25, 0.3) is 0 Å². The smallest absolute Gasteiger partial charge is 0.197 e. The molecule has 47 heavy (non-hydrogen) atoms. The lowest BCUT2D eigenvalue weighted by Gasteiger charge is -2.20. The summed E-state index contributed by atoms with van der Waals surface area (Å²) in [7, 11) is 0. The van der Waals surface area contributed by atoms with Crippen molar-refractivity contribution in [3.8, 4) is 11.1 Å². The van der Waals surface area contributed by atoms with Gasteiger partial charge in [-0.2, -0.15) is 0 Å². The van der Waals surface area contributed by atoms with E-state index >= 15 is 0 Å². The highest BCUT2D eigenvalue weighted by molar-refractivity contribution is 5.98. The van der Waals surface area contributed by atoms with E-state index in [1.807, 2.05) is 48.5 Å². The van der Waals surface area contributed by atoms with Gasteiger partial charge in [-0.1, -0.05) is 64.1 Å². The second-order valence-electron chi connectivity index (χ2n) is 12.6. The van der Waals surface area contributed by atoms with Crippen LogP contribution in [0.4, 0.5) is 0 Å². The van der Waals surface area contributed by atoms with E-state index in [1.165, 1.54) is 0 Å². The van der Waals surface area contributed by atoms with Crippen molar-refractivity contribution in [2.24, 2.45) is 0 Å². The van der Waals surface area contributed by atoms with E-state index in [0.717, 1.165) is 121 Å². The average Bonchev–Trinajstić information content (AvgIpc) is 3.12. The number of aryl methyl sites for hydroxylation is 2. The number of para-hydroxylation sites is 2. The Kier molecular flexibility index (Phi) is 10.2. The zero-order valence-electron chi connectivity index (χ0n) is 28.5. The highest BCUT2D eigenvalue weighted by Crippen LogP contribution is 2.29. The minimum absolute atomic E-state index is 0.0521. The number of rotatable bonds is 14. The largest absolute Gasteiger partial charge is 0.340 e. The van der Waals surface area contributed by atoms with Crippen molar-refractivity contribution in [1.82, 2.24) is 18.9 Å². The van der Waals surface area contributed by atoms with E-state index in [-0.39, 0.29) is 10.9 Å². The molecule has 244 valence electrons. The van der Waals surface area contributed by atoms with Gasteiger partial charge in [0, 0.05) is 34.6 Å². The van der Waals surface area contributed by atoms with E-state index in [1.54, 1.807) is 0 Å². The third kappa shape index (κ3) is 6.50. The van der Waals surface area contributed by atoms with Crippen molar-refractivity contribution in [1.29, 1.82) is 0 Å². The summed E-state index contributed by atoms with van der Waals surface area (Å²) in [5, 5.41) is 2.93. The molecule has 6 nitrogen and oxygen atoms in total. The molecule has 0 aliphatic carbocycles. The molecule has 6 heteroatoms. The van der Waals surface area contributed by atoms with Gasteiger partial charge < -0.3 is 18.9 Å². The molecule has 0 N–H and O–H groups in total. The predicted molar refractivity (Wildman–Crippen MR) is 200 cm³/mol. The topological polar surface area (TPSA) is 50.5 Å². The highest BCUT2D eigenvalue weighted by Gasteiger charge is 2.15. The molecule has 0 aliphatic heterocycles. The van der Waals surface area contributed by atoms with Gasteiger partial charge in [-0.3, -0.25) is 9.59 Å². The quantitative estimate of drug-likeness (QED) is 0.0903. The number of nitrogens with zero attached hydrogens (tertiary/aromatic N) is 4. The van der Waals surface area contributed by atoms with Gasteiger partial charge in [-0.25, -0.2) is 0 Å². The van der Waals surface area contributed by atoms with E-state index in [2.05, 4.69) is 83.0 Å². The van der Waals surface area contributed by atoms with Crippen LogP contribution in [0.2, 0.25) is 0 Å². The van der Waals surface area contributed by atoms with Gasteiger partial charge in [-0.05, 0) is 118 Å². The molecule has 0 amide bonds. The number of aromatic nitrogens is 2. The standard InChI is InChI=1S/C41H48N4O2/c1-5-42(6-2)24-13-14-26-44-36-18-11-9-16-32(36)40(46)34-28-30(20-22-38(34)44)31-21-23-39-35(29-31)41(47)33-17-10-12-19-37(33)45(39)27-15-25-43(7-3)8-4/h9-12,16-23,28-29H,5-8,13-15,24-27H2,1-4H3. The first kappa shape index (κ1) is 32.7. The maximum absolute atomic E-state index is 13.9. The van der Waals surface area contributed by atoms with Crippen LogP contribution in [0.25, 0.3) is 54.7 Å². The average molecular weight is 629 g/mol. The zero-order valence-corrected chi connectivity index (χ0v) is 28.5. The van der Waals surface area contributed by atoms with E-state index < -0.39 is 0 Å². The Morgan fingerprint density at radius 2 is 0.872 bits per heavy atom. The number of pyridine rings is 2. The van der Waals surface area contributed by atoms with E-state index in [9.17, 15) is 9.59 Å². The van der Waals surface area contributed by atoms with Gasteiger partial charge in [0.1, 0.15) is 0 Å². The van der Waals surface area contributed by atoms with Crippen molar-refractivity contribution in [2.75, 3.05) is 39.3 Å². The predicted octanol–water partition coefficient (Wildman–Crippen LogP) is 8.14. The van der Waals surface area contributed by atoms with Crippen molar-refractivity contribution in [3.05, 3.63) is 105 Å². The lowest BCUT2D eigenvalue weighted by atomic mass is 9.99. The molecular formula is C41H48N4O2. The summed E-state index contributed by atoms with van der Waals surface area (Å²) < 4.78 is 4.63. The molecule has 6 rings (SSSR count). The summed E-state index contributed by atoms with van der Waals surface area (Å²) in [4.78, 5) is 32.7. The third-order valence-electron chi connectivity index (χ3n) is 10.0. The number of hydrogen-bond donors (Lipinski definition) is 0. The lowest BCUT2D eigenvalue weighted by Crippen LogP contribution is -2.25. The lowest BCUT2D eigenvalue weighted by molar-refractivity contribution is 0.294. The summed E-state index contributed by atoms with van der Waals surface area (Å²) in [6.45, 7) is 16.8. The first-order valence-corrected chi connectivity index (χ1v) is 17.5. The molecule has 0 spiro atoms. The summed E-state index contributed by atoms with van der Waals surface area (Å²) in [5.41, 5.74) is 5.88. The van der Waals surface area contributed by atoms with Crippen LogP contribution in [-0.2, 0) is 13.1 Å². The van der Waals surface area contributed by atoms with Crippen LogP contribution in [0.15, 0.2) is 94.5 Å². The fraction of sp³-hybridized carbons (Fsp3) is 0.366. The van der Waals surface area contributed by atoms with Crippen LogP contribution in [0.3, 0.4) is 0 Å². The first-order chi connectivity index (χ1) is 23.0. The van der Waals surface area contributed by atoms with Crippen LogP contribution < -0.4 is 10.9 Å². The highest BCUT2D eigenvalue weighted by atomic mass is 16.1. The van der Waals surface area contributed by atoms with E-state index in [4.69, 9.17) is 0 Å². The number of hydrogen-bond acceptors (Lipinski definition) is 4. The van der Waals surface area contributed by atoms with Crippen LogP contribution in [0.5, 0.6) is 0 Å². The summed E-state index contributed by atoms with van der Waals surface area (Å²) in [6.07, 6.45) is 3.16. The van der Waals surface area contributed by atoms with Crippen molar-refractivity contribution < 1.29 is 0 Å². The molecule has 2 aromatic heterocycles. The molecule has 4 aromatic carbocycles. The Morgan fingerprint density at radius 1 is 0.468 bits per heavy atom. The summed E-state index contributed by atoms with van der Waals surface area (Å²) in [5.74, 6) is 0. The van der Waals surface area contributed by atoms with E-state index in [0.29, 0.717) is 5.39 Å². The Balaban J connectivity index is 1.41. The van der Waals surface area contributed by atoms with Crippen LogP contribution in [0, 0.1) is 0 Å². The van der Waals surface area contributed by atoms with Gasteiger partial charge in [-0.15, -0.1) is 0 Å². The molecule has 0 unspecified atom stereocenters. The summed E-state index contributed by atoms with van der Waals surface area (Å²) in [6, 6.07) is 28.4. The Bertz CT molecular complexity index is 2140. The normalized spacial score (nSPS) is 12.0. The first-order valence-electron chi connectivity index (χ1n) is 17.5. The SMILES string of the molecule is CCN(CC)CCCCn1c2ccccc2c(=O)c2cc(-c3ccc4c(c3)c(=O)c3ccccc3n4CCCN(CC)CC)ccc21. The summed E-state index contributed by atoms with van der Waals surface area (Å²) >= 11 is 0. The van der Waals surface area contributed by atoms with Crippen molar-refractivity contribution in [2.45, 2.75) is 60.0 Å². The van der Waals surface area contributed by atoms with Crippen LogP contribution >= 0.6 is 0 Å². The molecule has 0 saturated heterocycles. The molecule has 0 bridgehead atoms. The van der Waals surface area contributed by atoms with Crippen molar-refractivity contribution >= 4 is 43.6 Å². The van der Waals surface area contributed by atoms with Gasteiger partial charge in [0.2, 0.25) is 0 Å². The monoisotopic (exact) mass is 628 g/mol. The van der Waals surface area contributed by atoms with Gasteiger partial charge in [0.15, 0.2) is 10.9 Å². The Morgan fingerprint density at radius 3 is 1.34 bits per heavy atom.